The van der Waals surface area contributed by atoms with Crippen LogP contribution in [-0.4, -0.2) is 14.2 Å². The lowest BCUT2D eigenvalue weighted by molar-refractivity contribution is -0.124. The van der Waals surface area contributed by atoms with Gasteiger partial charge in [-0.3, -0.25) is 0 Å². The Balaban J connectivity index is 1.86. The van der Waals surface area contributed by atoms with Crippen molar-refractivity contribution < 1.29 is 21.6 Å². The van der Waals surface area contributed by atoms with Gasteiger partial charge < -0.3 is 0 Å². The van der Waals surface area contributed by atoms with E-state index in [-0.39, 0.29) is 11.3 Å². The molecule has 0 spiro atoms. The first kappa shape index (κ1) is 13.2. The third kappa shape index (κ3) is 1.96. The highest BCUT2D eigenvalue weighted by Gasteiger charge is 2.69. The molecule has 0 atom stereocenters. The molecule has 2 bridgehead atoms. The monoisotopic (exact) mass is 310 g/mol. The van der Waals surface area contributed by atoms with Crippen molar-refractivity contribution >= 4 is 19.7 Å². The predicted octanol–water partition coefficient (Wildman–Crippen LogP) is 3.09. The Hall–Kier alpha value is -0.750. The van der Waals surface area contributed by atoms with E-state index in [0.29, 0.717) is 25.3 Å². The Morgan fingerprint density at radius 1 is 1.16 bits per heavy atom. The minimum absolute atomic E-state index is 0.0128. The zero-order chi connectivity index (χ0) is 14.1. The van der Waals surface area contributed by atoms with Crippen LogP contribution in [0.2, 0.25) is 0 Å². The van der Waals surface area contributed by atoms with E-state index in [4.69, 9.17) is 10.7 Å². The van der Waals surface area contributed by atoms with E-state index in [1.165, 1.54) is 0 Å². The lowest BCUT2D eigenvalue weighted by atomic mass is 9.34. The molecule has 3 fully saturated rings. The van der Waals surface area contributed by atoms with Gasteiger partial charge in [-0.1, -0.05) is 0 Å². The summed E-state index contributed by atoms with van der Waals surface area (Å²) >= 11 is 0. The zero-order valence-electron chi connectivity index (χ0n) is 9.72. The largest absolute Gasteiger partial charge is 0.233 e. The molecular formula is C12H10ClF3O2S. The number of hydrogen-bond acceptors (Lipinski definition) is 2. The average Bonchev–Trinajstić information content (AvgIpc) is 2.14. The lowest BCUT2D eigenvalue weighted by Gasteiger charge is -2.70. The van der Waals surface area contributed by atoms with Crippen LogP contribution in [0.15, 0.2) is 12.1 Å². The molecule has 0 radical (unpaired) electrons. The minimum Gasteiger partial charge on any atom is -0.212 e. The second kappa shape index (κ2) is 3.67. The van der Waals surface area contributed by atoms with Gasteiger partial charge in [-0.05, 0) is 30.7 Å². The first-order chi connectivity index (χ1) is 8.65. The molecule has 2 nitrogen and oxygen atoms in total. The quantitative estimate of drug-likeness (QED) is 0.635. The van der Waals surface area contributed by atoms with Gasteiger partial charge in [0, 0.05) is 27.7 Å². The van der Waals surface area contributed by atoms with Gasteiger partial charge in [0.1, 0.15) is 5.82 Å². The van der Waals surface area contributed by atoms with Crippen LogP contribution in [0.5, 0.6) is 0 Å². The van der Waals surface area contributed by atoms with E-state index in [1.807, 2.05) is 0 Å². The van der Waals surface area contributed by atoms with Crippen molar-refractivity contribution in [3.8, 4) is 0 Å². The maximum absolute atomic E-state index is 13.7. The molecule has 1 aromatic carbocycles. The molecule has 104 valence electrons. The Bertz CT molecular complexity index is 652. The summed E-state index contributed by atoms with van der Waals surface area (Å²) in [6.45, 7) is 0. The molecule has 0 amide bonds. The van der Waals surface area contributed by atoms with Crippen molar-refractivity contribution in [2.75, 3.05) is 5.75 Å². The fraction of sp³-hybridized carbons (Fsp3) is 0.500. The molecule has 1 aromatic rings. The standard InChI is InChI=1S/C12H10ClF3O2S/c13-19(17,18)6-11-3-12(4-11,5-11)8-1-7(14)2-9(15)10(8)16/h1-2H,3-6H2. The second-order valence-electron chi connectivity index (χ2n) is 5.74. The predicted molar refractivity (Wildman–Crippen MR) is 63.9 cm³/mol. The molecule has 0 heterocycles. The van der Waals surface area contributed by atoms with E-state index in [2.05, 4.69) is 0 Å². The van der Waals surface area contributed by atoms with Crippen LogP contribution in [0.25, 0.3) is 0 Å². The smallest absolute Gasteiger partial charge is 0.212 e. The summed E-state index contributed by atoms with van der Waals surface area (Å²) in [5.41, 5.74) is -1.04. The third-order valence-electron chi connectivity index (χ3n) is 4.18. The highest BCUT2D eigenvalue weighted by molar-refractivity contribution is 8.13. The van der Waals surface area contributed by atoms with Crippen LogP contribution in [0, 0.1) is 22.9 Å². The Kier molecular flexibility index (Phi) is 2.56. The fourth-order valence-electron chi connectivity index (χ4n) is 3.74. The van der Waals surface area contributed by atoms with Crippen molar-refractivity contribution in [2.24, 2.45) is 5.41 Å². The van der Waals surface area contributed by atoms with Gasteiger partial charge in [0.15, 0.2) is 11.6 Å². The van der Waals surface area contributed by atoms with Crippen molar-refractivity contribution in [3.63, 3.8) is 0 Å². The van der Waals surface area contributed by atoms with Crippen molar-refractivity contribution in [1.29, 1.82) is 0 Å². The molecular weight excluding hydrogens is 301 g/mol. The molecule has 3 saturated carbocycles. The Morgan fingerprint density at radius 2 is 1.74 bits per heavy atom. The van der Waals surface area contributed by atoms with Crippen LogP contribution in [0.1, 0.15) is 24.8 Å². The van der Waals surface area contributed by atoms with E-state index in [9.17, 15) is 21.6 Å². The molecule has 0 aromatic heterocycles. The lowest BCUT2D eigenvalue weighted by Crippen LogP contribution is -2.67. The zero-order valence-corrected chi connectivity index (χ0v) is 11.3. The molecule has 0 unspecified atom stereocenters. The summed E-state index contributed by atoms with van der Waals surface area (Å²) < 4.78 is 62.1. The molecule has 0 saturated heterocycles. The van der Waals surface area contributed by atoms with Gasteiger partial charge in [0.05, 0.1) is 5.75 Å². The molecule has 0 N–H and O–H groups in total. The number of halogens is 4. The van der Waals surface area contributed by atoms with Gasteiger partial charge >= 0.3 is 0 Å². The first-order valence-corrected chi connectivity index (χ1v) is 8.20. The van der Waals surface area contributed by atoms with Crippen LogP contribution in [-0.2, 0) is 14.5 Å². The van der Waals surface area contributed by atoms with Crippen LogP contribution >= 0.6 is 10.7 Å². The summed E-state index contributed by atoms with van der Waals surface area (Å²) in [4.78, 5) is 0. The SMILES string of the molecule is O=S(=O)(Cl)CC12CC(c3cc(F)cc(F)c3F)(C1)C2. The van der Waals surface area contributed by atoms with Gasteiger partial charge in [-0.2, -0.15) is 0 Å². The topological polar surface area (TPSA) is 34.1 Å². The van der Waals surface area contributed by atoms with Crippen LogP contribution in [0.4, 0.5) is 13.2 Å². The minimum atomic E-state index is -3.61. The van der Waals surface area contributed by atoms with Crippen LogP contribution < -0.4 is 0 Å². The number of rotatable bonds is 3. The summed E-state index contributed by atoms with van der Waals surface area (Å²) in [5.74, 6) is -3.23. The Labute approximate surface area is 113 Å². The molecule has 19 heavy (non-hydrogen) atoms. The van der Waals surface area contributed by atoms with E-state index in [0.717, 1.165) is 6.07 Å². The van der Waals surface area contributed by atoms with Gasteiger partial charge in [-0.15, -0.1) is 0 Å². The van der Waals surface area contributed by atoms with Crippen molar-refractivity contribution in [2.45, 2.75) is 24.7 Å². The molecule has 4 rings (SSSR count). The summed E-state index contributed by atoms with van der Waals surface area (Å²) in [7, 11) is 1.60. The fourth-order valence-corrected chi connectivity index (χ4v) is 5.48. The van der Waals surface area contributed by atoms with Crippen molar-refractivity contribution in [3.05, 3.63) is 35.1 Å². The normalized spacial score (nSPS) is 32.6. The summed E-state index contributed by atoms with van der Waals surface area (Å²) in [6, 6.07) is 1.50. The second-order valence-corrected chi connectivity index (χ2v) is 8.52. The van der Waals surface area contributed by atoms with E-state index in [1.54, 1.807) is 0 Å². The maximum atomic E-state index is 13.7. The highest BCUT2D eigenvalue weighted by Crippen LogP contribution is 2.74. The van der Waals surface area contributed by atoms with Crippen LogP contribution in [0.3, 0.4) is 0 Å². The summed E-state index contributed by atoms with van der Waals surface area (Å²) in [6.07, 6.45) is 1.23. The van der Waals surface area contributed by atoms with Gasteiger partial charge in [-0.25, -0.2) is 21.6 Å². The molecule has 7 heteroatoms. The molecule has 0 aliphatic heterocycles. The summed E-state index contributed by atoms with van der Waals surface area (Å²) in [5, 5.41) is 0. The number of benzene rings is 1. The average molecular weight is 311 g/mol. The van der Waals surface area contributed by atoms with Crippen molar-refractivity contribution in [1.82, 2.24) is 0 Å². The Morgan fingerprint density at radius 3 is 2.26 bits per heavy atom. The maximum Gasteiger partial charge on any atom is 0.233 e. The van der Waals surface area contributed by atoms with E-state index >= 15 is 0 Å². The van der Waals surface area contributed by atoms with E-state index < -0.39 is 37.3 Å². The van der Waals surface area contributed by atoms with Gasteiger partial charge in [0.2, 0.25) is 9.05 Å². The third-order valence-corrected chi connectivity index (χ3v) is 5.47. The first-order valence-electron chi connectivity index (χ1n) is 5.72. The molecule has 3 aliphatic rings. The highest BCUT2D eigenvalue weighted by atomic mass is 35.7. The number of hydrogen-bond donors (Lipinski definition) is 0. The van der Waals surface area contributed by atoms with Gasteiger partial charge in [0.25, 0.3) is 0 Å². The molecule has 3 aliphatic carbocycles.